The average Bonchev–Trinajstić information content (AvgIpc) is 3.04. The first-order valence-electron chi connectivity index (χ1n) is 8.56. The number of aromatic amines is 1. The van der Waals surface area contributed by atoms with Crippen molar-refractivity contribution in [1.29, 1.82) is 0 Å². The predicted molar refractivity (Wildman–Crippen MR) is 97.2 cm³/mol. The van der Waals surface area contributed by atoms with E-state index in [0.717, 1.165) is 25.0 Å². The van der Waals surface area contributed by atoms with E-state index in [1.54, 1.807) is 0 Å². The van der Waals surface area contributed by atoms with E-state index in [9.17, 15) is 9.90 Å². The summed E-state index contributed by atoms with van der Waals surface area (Å²) in [5, 5.41) is 9.18. The van der Waals surface area contributed by atoms with Gasteiger partial charge in [0.1, 0.15) is 0 Å². The van der Waals surface area contributed by atoms with Crippen molar-refractivity contribution < 1.29 is 9.90 Å². The van der Waals surface area contributed by atoms with Gasteiger partial charge in [-0.1, -0.05) is 29.8 Å². The molecule has 0 radical (unpaired) electrons. The summed E-state index contributed by atoms with van der Waals surface area (Å²) in [4.78, 5) is 15.4. The maximum absolute atomic E-state index is 12.3. The van der Waals surface area contributed by atoms with Gasteiger partial charge in [-0.25, -0.2) is 0 Å². The number of benzene rings is 1. The second-order valence-corrected chi connectivity index (χ2v) is 6.97. The Labute approximate surface area is 144 Å². The summed E-state index contributed by atoms with van der Waals surface area (Å²) in [6.07, 6.45) is 3.71. The summed E-state index contributed by atoms with van der Waals surface area (Å²) in [5.74, 6) is 0.144. The normalized spacial score (nSPS) is 13.7. The molecule has 1 heterocycles. The third-order valence-electron chi connectivity index (χ3n) is 4.36. The molecule has 1 aromatic carbocycles. The lowest BCUT2D eigenvalue weighted by Gasteiger charge is -2.20. The third kappa shape index (κ3) is 5.62. The number of H-pyrrole nitrogens is 1. The number of carbonyl (C=O) groups excluding carboxylic acids is 1. The number of hydrogen-bond acceptors (Lipinski definition) is 3. The molecule has 0 spiro atoms. The van der Waals surface area contributed by atoms with Crippen LogP contribution in [0.25, 0.3) is 0 Å². The van der Waals surface area contributed by atoms with Crippen LogP contribution in [-0.2, 0) is 12.8 Å². The van der Waals surface area contributed by atoms with Gasteiger partial charge in [-0.2, -0.15) is 0 Å². The number of nitrogens with two attached hydrogens (primary N) is 1. The van der Waals surface area contributed by atoms with Crippen LogP contribution >= 0.6 is 0 Å². The molecule has 0 amide bonds. The molecule has 0 unspecified atom stereocenters. The van der Waals surface area contributed by atoms with E-state index in [2.05, 4.69) is 36.2 Å². The summed E-state index contributed by atoms with van der Waals surface area (Å²) in [6.45, 7) is 3.86. The van der Waals surface area contributed by atoms with E-state index in [1.807, 2.05) is 19.1 Å². The molecule has 130 valence electrons. The van der Waals surface area contributed by atoms with E-state index in [4.69, 9.17) is 5.73 Å². The lowest BCUT2D eigenvalue weighted by atomic mass is 9.97. The molecule has 0 aliphatic rings. The van der Waals surface area contributed by atoms with E-state index < -0.39 is 5.54 Å². The van der Waals surface area contributed by atoms with Crippen LogP contribution in [0.5, 0.6) is 0 Å². The number of aliphatic hydroxyl groups is 1. The number of aliphatic hydroxyl groups excluding tert-OH is 1. The number of aryl methyl sites for hydroxylation is 3. The van der Waals surface area contributed by atoms with Crippen molar-refractivity contribution in [3.8, 4) is 0 Å². The van der Waals surface area contributed by atoms with Crippen molar-refractivity contribution in [2.24, 2.45) is 5.73 Å². The molecular weight excluding hydrogens is 300 g/mol. The maximum Gasteiger partial charge on any atom is 0.179 e. The van der Waals surface area contributed by atoms with Gasteiger partial charge in [0.25, 0.3) is 0 Å². The Morgan fingerprint density at radius 2 is 1.88 bits per heavy atom. The molecule has 4 heteroatoms. The summed E-state index contributed by atoms with van der Waals surface area (Å²) in [5.41, 5.74) is 9.52. The number of Topliss-reactive ketones (excluding diaryl/α,β-unsaturated/α-hetero) is 1. The number of nitrogens with one attached hydrogen (secondary N) is 1. The molecule has 0 aliphatic heterocycles. The molecule has 4 nitrogen and oxygen atoms in total. The number of carbonyl (C=O) groups is 1. The lowest BCUT2D eigenvalue weighted by Crippen LogP contribution is -2.40. The van der Waals surface area contributed by atoms with Crippen molar-refractivity contribution >= 4 is 5.78 Å². The summed E-state index contributed by atoms with van der Waals surface area (Å²) in [6, 6.07) is 12.2. The Hall–Kier alpha value is -1.91. The van der Waals surface area contributed by atoms with Crippen LogP contribution in [-0.4, -0.2) is 28.0 Å². The van der Waals surface area contributed by atoms with Crippen LogP contribution in [0.1, 0.15) is 53.5 Å². The summed E-state index contributed by atoms with van der Waals surface area (Å²) >= 11 is 0. The highest BCUT2D eigenvalue weighted by Crippen LogP contribution is 2.14. The molecule has 0 fully saturated rings. The van der Waals surface area contributed by atoms with Crippen LogP contribution in [0.3, 0.4) is 0 Å². The van der Waals surface area contributed by atoms with E-state index >= 15 is 0 Å². The Bertz CT molecular complexity index is 657. The number of rotatable bonds is 9. The number of aromatic nitrogens is 1. The van der Waals surface area contributed by atoms with Crippen LogP contribution in [0.15, 0.2) is 36.4 Å². The largest absolute Gasteiger partial charge is 0.394 e. The van der Waals surface area contributed by atoms with Crippen molar-refractivity contribution in [3.05, 3.63) is 58.9 Å². The molecule has 1 aromatic heterocycles. The number of hydrogen-bond donors (Lipinski definition) is 3. The first-order valence-corrected chi connectivity index (χ1v) is 8.56. The van der Waals surface area contributed by atoms with Gasteiger partial charge >= 0.3 is 0 Å². The van der Waals surface area contributed by atoms with Crippen molar-refractivity contribution in [3.63, 3.8) is 0 Å². The first-order chi connectivity index (χ1) is 11.4. The zero-order chi connectivity index (χ0) is 17.6. The molecule has 1 atom stereocenters. The zero-order valence-corrected chi connectivity index (χ0v) is 14.6. The molecule has 0 aliphatic carbocycles. The van der Waals surface area contributed by atoms with Gasteiger partial charge in [0.2, 0.25) is 0 Å². The van der Waals surface area contributed by atoms with E-state index in [0.29, 0.717) is 18.5 Å². The zero-order valence-electron chi connectivity index (χ0n) is 14.6. The fourth-order valence-electron chi connectivity index (χ4n) is 2.59. The number of ketones is 1. The van der Waals surface area contributed by atoms with Gasteiger partial charge in [-0.15, -0.1) is 0 Å². The minimum absolute atomic E-state index is 0.0431. The van der Waals surface area contributed by atoms with Crippen molar-refractivity contribution in [1.82, 2.24) is 4.98 Å². The van der Waals surface area contributed by atoms with Crippen LogP contribution in [0.4, 0.5) is 0 Å². The Morgan fingerprint density at radius 1 is 1.17 bits per heavy atom. The topological polar surface area (TPSA) is 79.1 Å². The highest BCUT2D eigenvalue weighted by Gasteiger charge is 2.17. The summed E-state index contributed by atoms with van der Waals surface area (Å²) in [7, 11) is 0. The van der Waals surface area contributed by atoms with Gasteiger partial charge in [0, 0.05) is 17.7 Å². The second-order valence-electron chi connectivity index (χ2n) is 6.97. The molecule has 0 saturated carbocycles. The molecule has 24 heavy (non-hydrogen) atoms. The Balaban J connectivity index is 1.79. The van der Waals surface area contributed by atoms with Gasteiger partial charge in [0.15, 0.2) is 5.78 Å². The van der Waals surface area contributed by atoms with Crippen LogP contribution in [0, 0.1) is 6.92 Å². The van der Waals surface area contributed by atoms with E-state index in [1.165, 1.54) is 11.1 Å². The smallest absolute Gasteiger partial charge is 0.179 e. The minimum atomic E-state index is -0.580. The monoisotopic (exact) mass is 328 g/mol. The molecule has 2 rings (SSSR count). The van der Waals surface area contributed by atoms with Gasteiger partial charge < -0.3 is 15.8 Å². The Kier molecular flexibility index (Phi) is 6.35. The summed E-state index contributed by atoms with van der Waals surface area (Å²) < 4.78 is 0. The second kappa shape index (κ2) is 8.27. The highest BCUT2D eigenvalue weighted by atomic mass is 16.3. The van der Waals surface area contributed by atoms with E-state index in [-0.39, 0.29) is 12.4 Å². The fourth-order valence-corrected chi connectivity index (χ4v) is 2.59. The quantitative estimate of drug-likeness (QED) is 0.619. The molecule has 0 saturated heterocycles. The molecular formula is C20H28N2O2. The first kappa shape index (κ1) is 18.4. The molecule has 0 bridgehead atoms. The van der Waals surface area contributed by atoms with Crippen molar-refractivity contribution in [2.45, 2.75) is 51.5 Å². The van der Waals surface area contributed by atoms with Crippen LogP contribution in [0.2, 0.25) is 0 Å². The molecule has 2 aromatic rings. The molecule has 4 N–H and O–H groups in total. The van der Waals surface area contributed by atoms with Crippen LogP contribution < -0.4 is 5.73 Å². The highest BCUT2D eigenvalue weighted by molar-refractivity contribution is 5.94. The standard InChI is InChI=1S/C20H28N2O2/c1-15-6-8-16(9-7-15)4-3-5-19(24)18-11-10-17(22-18)12-13-20(2,21)14-23/h6-11,22-23H,3-5,12-14,21H2,1-2H3/t20-/m1/s1. The third-order valence-corrected chi connectivity index (χ3v) is 4.36. The van der Waals surface area contributed by atoms with Gasteiger partial charge in [-0.05, 0) is 57.2 Å². The maximum atomic E-state index is 12.3. The lowest BCUT2D eigenvalue weighted by molar-refractivity contribution is 0.0976. The SMILES string of the molecule is Cc1ccc(CCCC(=O)c2ccc(CC[C@@](C)(N)CO)[nH]2)cc1. The average molecular weight is 328 g/mol. The minimum Gasteiger partial charge on any atom is -0.394 e. The fraction of sp³-hybridized carbons (Fsp3) is 0.450. The predicted octanol–water partition coefficient (Wildman–Crippen LogP) is 3.17. The van der Waals surface area contributed by atoms with Crippen molar-refractivity contribution in [2.75, 3.05) is 6.61 Å². The van der Waals surface area contributed by atoms with Gasteiger partial charge in [-0.3, -0.25) is 4.79 Å². The van der Waals surface area contributed by atoms with Gasteiger partial charge in [0.05, 0.1) is 12.3 Å². The Morgan fingerprint density at radius 3 is 2.54 bits per heavy atom.